The molecular weight excluding hydrogens is 298 g/mol. The van der Waals surface area contributed by atoms with Crippen molar-refractivity contribution in [2.75, 3.05) is 13.7 Å². The quantitative estimate of drug-likeness (QED) is 0.808. The number of hydrogen-bond acceptors (Lipinski definition) is 4. The fraction of sp³-hybridized carbons (Fsp3) is 0.429. The van der Waals surface area contributed by atoms with Crippen LogP contribution in [0.2, 0.25) is 4.34 Å². The van der Waals surface area contributed by atoms with Gasteiger partial charge in [-0.1, -0.05) is 24.6 Å². The Hall–Kier alpha value is -0.390. The SMILES string of the molecule is CCC(COC)NC(c1cccs1)c1ccc(Cl)s1. The molecule has 2 heterocycles. The third kappa shape index (κ3) is 4.04. The van der Waals surface area contributed by atoms with Gasteiger partial charge in [-0.3, -0.25) is 5.32 Å². The van der Waals surface area contributed by atoms with Crippen LogP contribution < -0.4 is 5.32 Å². The fourth-order valence-electron chi connectivity index (χ4n) is 1.96. The van der Waals surface area contributed by atoms with Gasteiger partial charge < -0.3 is 4.74 Å². The van der Waals surface area contributed by atoms with E-state index in [0.29, 0.717) is 6.04 Å². The molecule has 1 N–H and O–H groups in total. The summed E-state index contributed by atoms with van der Waals surface area (Å²) >= 11 is 9.47. The molecule has 2 atom stereocenters. The molecule has 0 aromatic carbocycles. The molecule has 0 aliphatic heterocycles. The van der Waals surface area contributed by atoms with E-state index in [1.807, 2.05) is 6.07 Å². The molecule has 104 valence electrons. The highest BCUT2D eigenvalue weighted by Gasteiger charge is 2.20. The first-order valence-electron chi connectivity index (χ1n) is 6.28. The van der Waals surface area contributed by atoms with E-state index in [0.717, 1.165) is 17.4 Å². The number of thiophene rings is 2. The fourth-order valence-corrected chi connectivity index (χ4v) is 3.98. The van der Waals surface area contributed by atoms with Crippen LogP contribution in [0.3, 0.4) is 0 Å². The Kier molecular flexibility index (Phi) is 5.85. The highest BCUT2D eigenvalue weighted by Crippen LogP contribution is 2.33. The first-order chi connectivity index (χ1) is 9.24. The van der Waals surface area contributed by atoms with Crippen LogP contribution in [0.15, 0.2) is 29.6 Å². The van der Waals surface area contributed by atoms with Crippen LogP contribution >= 0.6 is 34.3 Å². The minimum atomic E-state index is 0.206. The normalized spacial score (nSPS) is 14.5. The van der Waals surface area contributed by atoms with Crippen LogP contribution in [0, 0.1) is 0 Å². The average molecular weight is 316 g/mol. The van der Waals surface area contributed by atoms with Gasteiger partial charge in [0.05, 0.1) is 17.0 Å². The molecule has 0 radical (unpaired) electrons. The minimum absolute atomic E-state index is 0.206. The summed E-state index contributed by atoms with van der Waals surface area (Å²) in [7, 11) is 1.74. The third-order valence-corrected chi connectivity index (χ3v) is 5.20. The largest absolute Gasteiger partial charge is 0.383 e. The molecule has 0 aliphatic carbocycles. The molecule has 5 heteroatoms. The highest BCUT2D eigenvalue weighted by molar-refractivity contribution is 7.16. The van der Waals surface area contributed by atoms with E-state index in [2.05, 4.69) is 35.8 Å². The summed E-state index contributed by atoms with van der Waals surface area (Å²) in [6.07, 6.45) is 1.04. The van der Waals surface area contributed by atoms with Crippen molar-refractivity contribution in [1.82, 2.24) is 5.32 Å². The molecule has 2 nitrogen and oxygen atoms in total. The van der Waals surface area contributed by atoms with Crippen LogP contribution in [-0.4, -0.2) is 19.8 Å². The summed E-state index contributed by atoms with van der Waals surface area (Å²) in [4.78, 5) is 2.56. The van der Waals surface area contributed by atoms with E-state index < -0.39 is 0 Å². The smallest absolute Gasteiger partial charge is 0.0931 e. The Morgan fingerprint density at radius 3 is 2.68 bits per heavy atom. The van der Waals surface area contributed by atoms with Crippen molar-refractivity contribution in [3.63, 3.8) is 0 Å². The molecule has 2 aromatic rings. The maximum Gasteiger partial charge on any atom is 0.0931 e. The second-order valence-corrected chi connectivity index (χ2v) is 7.04. The first kappa shape index (κ1) is 15.0. The average Bonchev–Trinajstić information content (AvgIpc) is 3.06. The zero-order chi connectivity index (χ0) is 13.7. The third-order valence-electron chi connectivity index (χ3n) is 2.97. The van der Waals surface area contributed by atoms with Crippen molar-refractivity contribution < 1.29 is 4.74 Å². The van der Waals surface area contributed by atoms with Crippen LogP contribution in [0.25, 0.3) is 0 Å². The van der Waals surface area contributed by atoms with Crippen LogP contribution in [0.4, 0.5) is 0 Å². The van der Waals surface area contributed by atoms with Crippen molar-refractivity contribution in [3.8, 4) is 0 Å². The van der Waals surface area contributed by atoms with E-state index in [9.17, 15) is 0 Å². The zero-order valence-corrected chi connectivity index (χ0v) is 13.4. The Morgan fingerprint density at radius 1 is 1.32 bits per heavy atom. The van der Waals surface area contributed by atoms with E-state index in [1.54, 1.807) is 29.8 Å². The van der Waals surface area contributed by atoms with Crippen LogP contribution in [0.1, 0.15) is 29.1 Å². The molecule has 19 heavy (non-hydrogen) atoms. The summed E-state index contributed by atoms with van der Waals surface area (Å²) in [6, 6.07) is 8.86. The molecule has 0 aliphatic rings. The molecule has 0 amide bonds. The lowest BCUT2D eigenvalue weighted by molar-refractivity contribution is 0.161. The predicted molar refractivity (Wildman–Crippen MR) is 84.6 cm³/mol. The van der Waals surface area contributed by atoms with Gasteiger partial charge in [-0.05, 0) is 30.0 Å². The molecule has 0 fully saturated rings. The summed E-state index contributed by atoms with van der Waals surface area (Å²) in [5.41, 5.74) is 0. The van der Waals surface area contributed by atoms with Gasteiger partial charge >= 0.3 is 0 Å². The summed E-state index contributed by atoms with van der Waals surface area (Å²) < 4.78 is 6.10. The highest BCUT2D eigenvalue weighted by atomic mass is 35.5. The minimum Gasteiger partial charge on any atom is -0.383 e. The van der Waals surface area contributed by atoms with Gasteiger partial charge in [-0.25, -0.2) is 0 Å². The Labute approximate surface area is 127 Å². The number of hydrogen-bond donors (Lipinski definition) is 1. The van der Waals surface area contributed by atoms with Crippen molar-refractivity contribution in [2.45, 2.75) is 25.4 Å². The Morgan fingerprint density at radius 2 is 2.16 bits per heavy atom. The number of rotatable bonds is 7. The van der Waals surface area contributed by atoms with E-state index in [1.165, 1.54) is 9.75 Å². The van der Waals surface area contributed by atoms with E-state index in [-0.39, 0.29) is 6.04 Å². The monoisotopic (exact) mass is 315 g/mol. The number of ether oxygens (including phenoxy) is 1. The zero-order valence-electron chi connectivity index (χ0n) is 11.1. The van der Waals surface area contributed by atoms with Gasteiger partial charge in [-0.2, -0.15) is 0 Å². The molecule has 0 saturated carbocycles. The standard InChI is InChI=1S/C14H18ClNOS2/c1-3-10(9-17-2)16-14(11-5-4-8-18-11)12-6-7-13(15)19-12/h4-8,10,14,16H,3,9H2,1-2H3. The number of methoxy groups -OCH3 is 1. The van der Waals surface area contributed by atoms with Gasteiger partial charge in [0, 0.05) is 22.9 Å². The molecular formula is C14H18ClNOS2. The summed E-state index contributed by atoms with van der Waals surface area (Å²) in [6.45, 7) is 2.89. The van der Waals surface area contributed by atoms with E-state index >= 15 is 0 Å². The second-order valence-electron chi connectivity index (χ2n) is 4.32. The lowest BCUT2D eigenvalue weighted by Gasteiger charge is -2.23. The predicted octanol–water partition coefficient (Wildman–Crippen LogP) is 4.57. The first-order valence-corrected chi connectivity index (χ1v) is 8.35. The topological polar surface area (TPSA) is 21.3 Å². The van der Waals surface area contributed by atoms with E-state index in [4.69, 9.17) is 16.3 Å². The lowest BCUT2D eigenvalue weighted by atomic mass is 10.1. The molecule has 0 saturated heterocycles. The van der Waals surface area contributed by atoms with Gasteiger partial charge in [-0.15, -0.1) is 22.7 Å². The van der Waals surface area contributed by atoms with Crippen molar-refractivity contribution in [3.05, 3.63) is 43.7 Å². The lowest BCUT2D eigenvalue weighted by Crippen LogP contribution is -2.35. The van der Waals surface area contributed by atoms with Gasteiger partial charge in [0.15, 0.2) is 0 Å². The summed E-state index contributed by atoms with van der Waals surface area (Å²) in [5, 5.41) is 5.78. The molecule has 2 unspecified atom stereocenters. The van der Waals surface area contributed by atoms with Gasteiger partial charge in [0.1, 0.15) is 0 Å². The van der Waals surface area contributed by atoms with Crippen molar-refractivity contribution in [1.29, 1.82) is 0 Å². The number of nitrogens with one attached hydrogen (secondary N) is 1. The number of halogens is 1. The van der Waals surface area contributed by atoms with Crippen molar-refractivity contribution in [2.24, 2.45) is 0 Å². The summed E-state index contributed by atoms with van der Waals surface area (Å²) in [5.74, 6) is 0. The van der Waals surface area contributed by atoms with Crippen molar-refractivity contribution >= 4 is 34.3 Å². The molecule has 0 spiro atoms. The maximum atomic E-state index is 6.07. The van der Waals surface area contributed by atoms with Crippen LogP contribution in [0.5, 0.6) is 0 Å². The van der Waals surface area contributed by atoms with Gasteiger partial charge in [0.25, 0.3) is 0 Å². The Balaban J connectivity index is 2.20. The van der Waals surface area contributed by atoms with Gasteiger partial charge in [0.2, 0.25) is 0 Å². The Bertz CT molecular complexity index is 483. The second kappa shape index (κ2) is 7.41. The maximum absolute atomic E-state index is 6.07. The molecule has 2 rings (SSSR count). The van der Waals surface area contributed by atoms with Crippen LogP contribution in [-0.2, 0) is 4.74 Å². The molecule has 2 aromatic heterocycles. The molecule has 0 bridgehead atoms.